The average Bonchev–Trinajstić information content (AvgIpc) is 2.76. The lowest BCUT2D eigenvalue weighted by atomic mass is 9.75. The third-order valence-corrected chi connectivity index (χ3v) is 6.57. The molecule has 0 radical (unpaired) electrons. The molecule has 0 bridgehead atoms. The number of ether oxygens (including phenoxy) is 4. The molecule has 0 amide bonds. The largest absolute Gasteiger partial charge is 0.377 e. The van der Waals surface area contributed by atoms with Gasteiger partial charge >= 0.3 is 0 Å². The Hall–Kier alpha value is -1.29. The van der Waals surface area contributed by atoms with Crippen molar-refractivity contribution in [3.05, 3.63) is 79.6 Å². The summed E-state index contributed by atoms with van der Waals surface area (Å²) < 4.78 is 24.8. The van der Waals surface area contributed by atoms with Gasteiger partial charge in [0, 0.05) is 27.1 Å². The third kappa shape index (κ3) is 3.74. The maximum atomic E-state index is 9.57. The predicted octanol–water partition coefficient (Wildman–Crippen LogP) is 5.39. The fraction of sp³-hybridized carbons (Fsp3) is 0.400. The van der Waals surface area contributed by atoms with Crippen molar-refractivity contribution in [2.45, 2.75) is 35.6 Å². The number of fused-ring (bicyclic) bond motifs is 1. The number of methoxy groups -OCH3 is 1. The third-order valence-electron chi connectivity index (χ3n) is 5.36. The first-order chi connectivity index (χ1) is 14.5. The molecule has 30 heavy (non-hydrogen) atoms. The highest BCUT2D eigenvalue weighted by atomic mass is 79.9. The van der Waals surface area contributed by atoms with E-state index in [0.717, 1.165) is 10.0 Å². The molecule has 7 nitrogen and oxygen atoms in total. The van der Waals surface area contributed by atoms with Crippen LogP contribution in [0.25, 0.3) is 10.4 Å². The van der Waals surface area contributed by atoms with Crippen LogP contribution in [0.15, 0.2) is 58.1 Å². The fourth-order valence-corrected chi connectivity index (χ4v) is 5.23. The van der Waals surface area contributed by atoms with Crippen LogP contribution >= 0.6 is 40.2 Å². The highest BCUT2D eigenvalue weighted by Gasteiger charge is 2.60. The van der Waals surface area contributed by atoms with Crippen LogP contribution in [0.1, 0.15) is 17.4 Å². The van der Waals surface area contributed by atoms with E-state index in [2.05, 4.69) is 38.6 Å². The molecule has 2 saturated heterocycles. The van der Waals surface area contributed by atoms with E-state index < -0.39 is 35.6 Å². The summed E-state index contributed by atoms with van der Waals surface area (Å²) in [6.45, 7) is 0.228. The van der Waals surface area contributed by atoms with Gasteiger partial charge < -0.3 is 18.9 Å². The number of azide groups is 1. The summed E-state index contributed by atoms with van der Waals surface area (Å²) in [6.07, 6.45) is -2.70. The maximum Gasteiger partial charge on any atom is 0.184 e. The predicted molar refractivity (Wildman–Crippen MR) is 118 cm³/mol. The number of thiol groups is 1. The van der Waals surface area contributed by atoms with E-state index in [1.807, 2.05) is 42.5 Å². The monoisotopic (exact) mass is 511 g/mol. The highest BCUT2D eigenvalue weighted by Crippen LogP contribution is 2.50. The van der Waals surface area contributed by atoms with E-state index in [1.165, 1.54) is 7.11 Å². The van der Waals surface area contributed by atoms with Crippen LogP contribution in [0.5, 0.6) is 0 Å². The Balaban J connectivity index is 1.88. The summed E-state index contributed by atoms with van der Waals surface area (Å²) >= 11 is 14.6. The SMILES string of the molecule is CO[C@H]1[C@@H](S)O[C@@H]2COC(c3ccccc3)O[C@@H]2C1(N=[N+]=[N-])c1cc(Br)ccc1Cl. The van der Waals surface area contributed by atoms with Gasteiger partial charge in [-0.3, -0.25) is 0 Å². The van der Waals surface area contributed by atoms with Gasteiger partial charge in [0.25, 0.3) is 0 Å². The normalized spacial score (nSPS) is 33.4. The van der Waals surface area contributed by atoms with Crippen molar-refractivity contribution < 1.29 is 18.9 Å². The summed E-state index contributed by atoms with van der Waals surface area (Å²) in [5, 5.41) is 4.66. The maximum absolute atomic E-state index is 9.57. The molecular formula is C20H19BrClN3O4S. The smallest absolute Gasteiger partial charge is 0.184 e. The van der Waals surface area contributed by atoms with Crippen molar-refractivity contribution in [2.75, 3.05) is 13.7 Å². The molecule has 0 aromatic heterocycles. The second-order valence-electron chi connectivity index (χ2n) is 6.99. The Bertz CT molecular complexity index is 964. The topological polar surface area (TPSA) is 85.7 Å². The highest BCUT2D eigenvalue weighted by molar-refractivity contribution is 9.10. The van der Waals surface area contributed by atoms with Gasteiger partial charge in [0.05, 0.1) is 6.61 Å². The molecular weight excluding hydrogens is 494 g/mol. The van der Waals surface area contributed by atoms with Gasteiger partial charge in [-0.2, -0.15) is 0 Å². The van der Waals surface area contributed by atoms with E-state index in [4.69, 9.17) is 30.5 Å². The molecule has 2 aliphatic heterocycles. The minimum Gasteiger partial charge on any atom is -0.377 e. The minimum absolute atomic E-state index is 0.228. The van der Waals surface area contributed by atoms with E-state index in [-0.39, 0.29) is 6.61 Å². The number of benzene rings is 2. The molecule has 2 aromatic rings. The summed E-state index contributed by atoms with van der Waals surface area (Å²) in [5.41, 5.74) is 8.94. The second-order valence-corrected chi connectivity index (χ2v) is 8.82. The quantitative estimate of drug-likeness (QED) is 0.257. The first kappa shape index (κ1) is 21.9. The Kier molecular flexibility index (Phi) is 6.62. The van der Waals surface area contributed by atoms with Crippen LogP contribution in [-0.4, -0.2) is 37.5 Å². The lowest BCUT2D eigenvalue weighted by molar-refractivity contribution is -0.317. The molecule has 0 saturated carbocycles. The number of halogens is 2. The molecule has 10 heteroatoms. The molecule has 6 atom stereocenters. The van der Waals surface area contributed by atoms with Crippen LogP contribution in [0.3, 0.4) is 0 Å². The summed E-state index contributed by atoms with van der Waals surface area (Å²) in [5.74, 6) is 0. The molecule has 0 aliphatic carbocycles. The van der Waals surface area contributed by atoms with Crippen LogP contribution in [0, 0.1) is 0 Å². The lowest BCUT2D eigenvalue weighted by Crippen LogP contribution is -2.66. The number of hydrogen-bond donors (Lipinski definition) is 1. The van der Waals surface area contributed by atoms with Crippen LogP contribution < -0.4 is 0 Å². The zero-order chi connectivity index (χ0) is 21.3. The van der Waals surface area contributed by atoms with E-state index in [9.17, 15) is 5.53 Å². The van der Waals surface area contributed by atoms with Crippen LogP contribution in [0.2, 0.25) is 5.02 Å². The van der Waals surface area contributed by atoms with Crippen LogP contribution in [0.4, 0.5) is 0 Å². The van der Waals surface area contributed by atoms with Gasteiger partial charge in [0.15, 0.2) is 6.29 Å². The Labute approximate surface area is 192 Å². The molecule has 0 N–H and O–H groups in total. The molecule has 2 aromatic carbocycles. The van der Waals surface area contributed by atoms with Gasteiger partial charge in [-0.25, -0.2) is 0 Å². The van der Waals surface area contributed by atoms with E-state index >= 15 is 0 Å². The molecule has 4 rings (SSSR count). The van der Waals surface area contributed by atoms with Crippen molar-refractivity contribution >= 4 is 40.2 Å². The van der Waals surface area contributed by atoms with Crippen molar-refractivity contribution in [1.29, 1.82) is 0 Å². The minimum atomic E-state index is -1.34. The number of rotatable bonds is 4. The van der Waals surface area contributed by atoms with Crippen LogP contribution in [-0.2, 0) is 24.5 Å². The molecule has 2 fully saturated rings. The van der Waals surface area contributed by atoms with Crippen molar-refractivity contribution in [1.82, 2.24) is 0 Å². The first-order valence-corrected chi connectivity index (χ1v) is 10.9. The average molecular weight is 513 g/mol. The summed E-state index contributed by atoms with van der Waals surface area (Å²) in [4.78, 5) is 3.16. The zero-order valence-electron chi connectivity index (χ0n) is 15.9. The standard InChI is InChI=1S/C20H19BrClN3O4S/c1-26-17-19(30)28-15-10-27-18(11-5-3-2-4-6-11)29-16(15)20(17,24-25-23)13-9-12(21)7-8-14(13)22/h2-9,15-19,30H,10H2,1H3/t15-,16+,17+,18?,19-,20?/m1/s1. The van der Waals surface area contributed by atoms with Crippen molar-refractivity contribution in [3.63, 3.8) is 0 Å². The van der Waals surface area contributed by atoms with Crippen molar-refractivity contribution in [2.24, 2.45) is 5.11 Å². The van der Waals surface area contributed by atoms with Gasteiger partial charge in [-0.05, 0) is 29.3 Å². The van der Waals surface area contributed by atoms with Gasteiger partial charge in [0.2, 0.25) is 0 Å². The molecule has 2 heterocycles. The molecule has 0 spiro atoms. The first-order valence-electron chi connectivity index (χ1n) is 9.21. The molecule has 2 aliphatic rings. The number of nitrogens with zero attached hydrogens (tertiary/aromatic N) is 3. The summed E-state index contributed by atoms with van der Waals surface area (Å²) in [7, 11) is 1.51. The summed E-state index contributed by atoms with van der Waals surface area (Å²) in [6, 6.07) is 14.9. The van der Waals surface area contributed by atoms with E-state index in [0.29, 0.717) is 10.6 Å². The Morgan fingerprint density at radius 3 is 2.73 bits per heavy atom. The second kappa shape index (κ2) is 9.06. The fourth-order valence-electron chi connectivity index (χ4n) is 4.09. The molecule has 158 valence electrons. The number of hydrogen-bond acceptors (Lipinski definition) is 6. The van der Waals surface area contributed by atoms with Gasteiger partial charge in [-0.15, -0.1) is 12.6 Å². The van der Waals surface area contributed by atoms with Gasteiger partial charge in [0.1, 0.15) is 29.3 Å². The molecule has 2 unspecified atom stereocenters. The lowest BCUT2D eigenvalue weighted by Gasteiger charge is -2.53. The Morgan fingerprint density at radius 1 is 1.27 bits per heavy atom. The zero-order valence-corrected chi connectivity index (χ0v) is 19.1. The van der Waals surface area contributed by atoms with Gasteiger partial charge in [-0.1, -0.05) is 63.0 Å². The van der Waals surface area contributed by atoms with E-state index in [1.54, 1.807) is 6.07 Å². The van der Waals surface area contributed by atoms with Crippen molar-refractivity contribution in [3.8, 4) is 0 Å². The Morgan fingerprint density at radius 2 is 2.03 bits per heavy atom.